The van der Waals surface area contributed by atoms with Crippen molar-refractivity contribution in [2.45, 2.75) is 0 Å². The molecule has 0 spiro atoms. The van der Waals surface area contributed by atoms with E-state index in [0.29, 0.717) is 0 Å². The summed E-state index contributed by atoms with van der Waals surface area (Å²) in [5.41, 5.74) is 0. The minimum absolute atomic E-state index is 1.94. The zero-order valence-corrected chi connectivity index (χ0v) is 5.29. The van der Waals surface area contributed by atoms with Crippen molar-refractivity contribution in [3.05, 3.63) is 0 Å². The van der Waals surface area contributed by atoms with Gasteiger partial charge in [0.15, 0.2) is 0 Å². The van der Waals surface area contributed by atoms with Gasteiger partial charge in [-0.2, -0.15) is 0 Å². The van der Waals surface area contributed by atoms with Crippen molar-refractivity contribution in [2.24, 2.45) is 0 Å². The van der Waals surface area contributed by atoms with E-state index in [2.05, 4.69) is 0 Å². The Hall–Kier alpha value is 0.536. The quantitative estimate of drug-likeness (QED) is 0.246. The summed E-state index contributed by atoms with van der Waals surface area (Å²) in [6.45, 7) is 0. The summed E-state index contributed by atoms with van der Waals surface area (Å²) in [6, 6.07) is 0. The van der Waals surface area contributed by atoms with E-state index < -0.39 is 9.05 Å². The van der Waals surface area contributed by atoms with Gasteiger partial charge in [0.2, 0.25) is 0 Å². The second-order valence-electron chi connectivity index (χ2n) is 0.600. The van der Waals surface area contributed by atoms with Gasteiger partial charge in [-0.15, -0.1) is 0 Å². The van der Waals surface area contributed by atoms with Gasteiger partial charge in [-0.3, -0.25) is 0 Å². The molecule has 0 aliphatic rings. The molecule has 0 rings (SSSR count). The molecule has 0 radical (unpaired) electrons. The van der Waals surface area contributed by atoms with E-state index in [1.54, 1.807) is 0 Å². The first-order valence-corrected chi connectivity index (χ1v) is 3.38. The number of hydrogen-bond acceptors (Lipinski definition) is 5. The Kier molecular flexibility index (Phi) is 7.04. The van der Waals surface area contributed by atoms with Crippen LogP contribution in [0.5, 0.6) is 0 Å². The summed E-state index contributed by atoms with van der Waals surface area (Å²) in [5, 5.41) is 0. The molecule has 0 aromatic rings. The molecule has 0 heterocycles. The molecule has 0 unspecified atom stereocenters. The second kappa shape index (κ2) is 4.69. The van der Waals surface area contributed by atoms with Gasteiger partial charge >= 0.3 is 29.6 Å². The fraction of sp³-hybridized carbons (Fsp3) is 0. The summed E-state index contributed by atoms with van der Waals surface area (Å²) in [5.74, 6) is 0. The first-order chi connectivity index (χ1) is 3.00. The summed E-state index contributed by atoms with van der Waals surface area (Å²) in [4.78, 5) is 29.3. The first kappa shape index (κ1) is 10.5. The van der Waals surface area contributed by atoms with Crippen LogP contribution in [-0.4, -0.2) is 32.4 Å². The topological polar surface area (TPSA) is 101 Å². The Bertz CT molecular complexity index is 23.6. The van der Waals surface area contributed by atoms with Crippen LogP contribution in [0.3, 0.4) is 0 Å². The van der Waals surface area contributed by atoms with Gasteiger partial charge in [-0.25, -0.2) is 0 Å². The van der Waals surface area contributed by atoms with E-state index in [0.717, 1.165) is 0 Å². The Balaban J connectivity index is 0. The minimum atomic E-state index is -4.61. The molecule has 5 N–H and O–H groups in total. The predicted molar refractivity (Wildman–Crippen MR) is 16.8 cm³/mol. The van der Waals surface area contributed by atoms with Crippen LogP contribution in [0.1, 0.15) is 0 Å². The third-order valence-corrected chi connectivity index (χ3v) is 0. The third kappa shape index (κ3) is 468. The first-order valence-electron chi connectivity index (χ1n) is 1.06. The molecule has 0 atom stereocenters. The standard InChI is InChI=1S/Mn.H4O4Si.H2O/c;1-5(2,3)4;/h;1-4H;1H2/q+1;;/p-1. The molecule has 0 aliphatic carbocycles. The van der Waals surface area contributed by atoms with Crippen molar-refractivity contribution in [1.29, 1.82) is 0 Å². The summed E-state index contributed by atoms with van der Waals surface area (Å²) < 4.78 is 6.81. The van der Waals surface area contributed by atoms with Gasteiger partial charge in [-0.05, 0) is 0 Å². The monoisotopic (exact) mass is 168 g/mol. The van der Waals surface area contributed by atoms with E-state index in [1.165, 1.54) is 0 Å². The van der Waals surface area contributed by atoms with Gasteiger partial charge < -0.3 is 19.2 Å². The maximum atomic E-state index is 7.33. The molecular formula is H5MnO5Si. The molecule has 0 saturated carbocycles. The van der Waals surface area contributed by atoms with Crippen LogP contribution in [-0.2, 0) is 16.3 Å². The Morgan fingerprint density at radius 2 is 0.857 bits per heavy atom. The van der Waals surface area contributed by atoms with Crippen molar-refractivity contribution in [3.63, 3.8) is 0 Å². The molecule has 0 amide bonds. The number of rotatable bonds is 0. The van der Waals surface area contributed by atoms with E-state index >= 15 is 0 Å². The molecule has 5 nitrogen and oxygen atoms in total. The molecule has 0 aromatic carbocycles. The van der Waals surface area contributed by atoms with Gasteiger partial charge in [0.25, 0.3) is 0 Å². The third-order valence-electron chi connectivity index (χ3n) is 0. The molecule has 0 aliphatic heterocycles. The molecule has 0 bridgehead atoms. The van der Waals surface area contributed by atoms with Crippen molar-refractivity contribution >= 4 is 9.05 Å². The maximum absolute atomic E-state index is 7.33. The fourth-order valence-electron chi connectivity index (χ4n) is 0. The zero-order valence-electron chi connectivity index (χ0n) is 3.11. The van der Waals surface area contributed by atoms with Crippen LogP contribution in [0.4, 0.5) is 0 Å². The van der Waals surface area contributed by atoms with Gasteiger partial charge in [-0.1, -0.05) is 0 Å². The summed E-state index contributed by atoms with van der Waals surface area (Å²) >= 11 is 1.94. The van der Waals surface area contributed by atoms with Crippen LogP contribution in [0, 0.1) is 0 Å². The van der Waals surface area contributed by atoms with E-state index in [-0.39, 0.29) is 0 Å². The molecule has 46 valence electrons. The molecule has 7 heteroatoms. The van der Waals surface area contributed by atoms with E-state index in [4.69, 9.17) is 23.4 Å². The predicted octanol–water partition coefficient (Wildman–Crippen LogP) is -3.17. The summed E-state index contributed by atoms with van der Waals surface area (Å²) in [6.07, 6.45) is 0. The fourth-order valence-corrected chi connectivity index (χ4v) is 0. The normalized spacial score (nSPS) is 9.43. The van der Waals surface area contributed by atoms with Gasteiger partial charge in [0.1, 0.15) is 0 Å². The van der Waals surface area contributed by atoms with Gasteiger partial charge in [0, 0.05) is 0 Å². The van der Waals surface area contributed by atoms with Crippen LogP contribution in [0.2, 0.25) is 0 Å². The average molecular weight is 168 g/mol. The number of hydrogen-bond donors (Lipinski definition) is 5. The molecule has 0 fully saturated rings. The average Bonchev–Trinajstić information content (AvgIpc) is 1.36. The molecule has 0 saturated heterocycles. The van der Waals surface area contributed by atoms with Crippen LogP contribution in [0.15, 0.2) is 0 Å². The van der Waals surface area contributed by atoms with Crippen LogP contribution >= 0.6 is 0 Å². The molecule has 0 aromatic heterocycles. The van der Waals surface area contributed by atoms with E-state index in [9.17, 15) is 0 Å². The van der Waals surface area contributed by atoms with Crippen molar-refractivity contribution in [1.82, 2.24) is 0 Å². The Morgan fingerprint density at radius 3 is 0.857 bits per heavy atom. The van der Waals surface area contributed by atoms with E-state index in [1.807, 2.05) is 16.3 Å². The van der Waals surface area contributed by atoms with Crippen LogP contribution in [0.25, 0.3) is 0 Å². The molecular weight excluding hydrogens is 163 g/mol. The zero-order chi connectivity index (χ0) is 6.50. The van der Waals surface area contributed by atoms with Crippen LogP contribution < -0.4 is 0 Å². The second-order valence-corrected chi connectivity index (χ2v) is 1.80. The summed E-state index contributed by atoms with van der Waals surface area (Å²) in [7, 11) is -4.61. The van der Waals surface area contributed by atoms with Crippen molar-refractivity contribution in [3.8, 4) is 0 Å². The Morgan fingerprint density at radius 1 is 0.857 bits per heavy atom. The SMILES string of the molecule is O[Si](O)(O)O.[OH][Mn]. The van der Waals surface area contributed by atoms with Gasteiger partial charge in [0.05, 0.1) is 0 Å². The molecule has 7 heavy (non-hydrogen) atoms. The van der Waals surface area contributed by atoms with Crippen molar-refractivity contribution in [2.75, 3.05) is 0 Å². The Labute approximate surface area is 49.5 Å². The van der Waals surface area contributed by atoms with Crippen molar-refractivity contribution < 1.29 is 39.7 Å².